The van der Waals surface area contributed by atoms with E-state index in [1.807, 2.05) is 48.1 Å². The summed E-state index contributed by atoms with van der Waals surface area (Å²) in [4.78, 5) is 39.3. The van der Waals surface area contributed by atoms with Crippen molar-refractivity contribution in [3.63, 3.8) is 0 Å². The van der Waals surface area contributed by atoms with Crippen LogP contribution in [0.2, 0.25) is 0 Å². The number of thioether (sulfide) groups is 1. The highest BCUT2D eigenvalue weighted by atomic mass is 32.2. The highest BCUT2D eigenvalue weighted by Crippen LogP contribution is 2.36. The fraction of sp³-hybridized carbons (Fsp3) is 0.160. The number of rotatable bonds is 6. The lowest BCUT2D eigenvalue weighted by atomic mass is 10.1. The summed E-state index contributed by atoms with van der Waals surface area (Å²) in [6, 6.07) is 14.6. The van der Waals surface area contributed by atoms with Crippen molar-refractivity contribution in [2.75, 3.05) is 19.9 Å². The SMILES string of the molecule is Cc1ccc(C(=O)NCCN2C(=O)S/C(=C\c3ccc4c(c3)OCO4)C2=O)cc1-n1cccc1. The van der Waals surface area contributed by atoms with Gasteiger partial charge in [-0.15, -0.1) is 0 Å². The first kappa shape index (κ1) is 21.8. The molecular weight excluding hydrogens is 454 g/mol. The van der Waals surface area contributed by atoms with Crippen LogP contribution in [-0.2, 0) is 4.79 Å². The van der Waals surface area contributed by atoms with Crippen LogP contribution < -0.4 is 14.8 Å². The van der Waals surface area contributed by atoms with Crippen LogP contribution in [0.25, 0.3) is 11.8 Å². The molecule has 2 aromatic carbocycles. The van der Waals surface area contributed by atoms with E-state index in [1.165, 1.54) is 0 Å². The number of benzene rings is 2. The quantitative estimate of drug-likeness (QED) is 0.543. The van der Waals surface area contributed by atoms with Crippen LogP contribution in [0.4, 0.5) is 4.79 Å². The number of imide groups is 1. The molecule has 0 unspecified atom stereocenters. The summed E-state index contributed by atoms with van der Waals surface area (Å²) in [6.45, 7) is 2.39. The Kier molecular flexibility index (Phi) is 5.85. The molecule has 1 saturated heterocycles. The van der Waals surface area contributed by atoms with Crippen LogP contribution >= 0.6 is 11.8 Å². The minimum Gasteiger partial charge on any atom is -0.454 e. The largest absolute Gasteiger partial charge is 0.454 e. The van der Waals surface area contributed by atoms with Crippen molar-refractivity contribution in [3.05, 3.63) is 82.5 Å². The molecule has 0 radical (unpaired) electrons. The maximum atomic E-state index is 12.8. The van der Waals surface area contributed by atoms with Crippen molar-refractivity contribution in [2.24, 2.45) is 0 Å². The molecule has 9 heteroatoms. The van der Waals surface area contributed by atoms with Crippen LogP contribution in [0.15, 0.2) is 65.8 Å². The Hall–Kier alpha value is -3.98. The predicted octanol–water partition coefficient (Wildman–Crippen LogP) is 3.98. The van der Waals surface area contributed by atoms with Gasteiger partial charge in [-0.3, -0.25) is 19.3 Å². The molecule has 3 heterocycles. The van der Waals surface area contributed by atoms with Crippen LogP contribution in [0, 0.1) is 6.92 Å². The highest BCUT2D eigenvalue weighted by Gasteiger charge is 2.34. The second-order valence-corrected chi connectivity index (χ2v) is 8.79. The number of amides is 3. The number of fused-ring (bicyclic) bond motifs is 1. The summed E-state index contributed by atoms with van der Waals surface area (Å²) in [7, 11) is 0. The number of aromatic nitrogens is 1. The zero-order valence-corrected chi connectivity index (χ0v) is 19.1. The van der Waals surface area contributed by atoms with Crippen molar-refractivity contribution < 1.29 is 23.9 Å². The maximum absolute atomic E-state index is 12.8. The monoisotopic (exact) mass is 475 g/mol. The summed E-state index contributed by atoms with van der Waals surface area (Å²) in [5, 5.41) is 2.43. The number of ether oxygens (including phenoxy) is 2. The van der Waals surface area contributed by atoms with Gasteiger partial charge in [0.25, 0.3) is 17.1 Å². The lowest BCUT2D eigenvalue weighted by Crippen LogP contribution is -2.37. The molecule has 172 valence electrons. The van der Waals surface area contributed by atoms with Gasteiger partial charge in [0.1, 0.15) is 0 Å². The number of aryl methyl sites for hydroxylation is 1. The lowest BCUT2D eigenvalue weighted by Gasteiger charge is -2.14. The molecule has 1 fully saturated rings. The molecule has 8 nitrogen and oxygen atoms in total. The van der Waals surface area contributed by atoms with E-state index < -0.39 is 0 Å². The summed E-state index contributed by atoms with van der Waals surface area (Å²) < 4.78 is 12.6. The van der Waals surface area contributed by atoms with Crippen LogP contribution in [0.5, 0.6) is 11.5 Å². The van der Waals surface area contributed by atoms with Gasteiger partial charge in [-0.25, -0.2) is 0 Å². The van der Waals surface area contributed by atoms with Gasteiger partial charge < -0.3 is 19.4 Å². The molecule has 0 spiro atoms. The van der Waals surface area contributed by atoms with E-state index in [-0.39, 0.29) is 36.9 Å². The highest BCUT2D eigenvalue weighted by molar-refractivity contribution is 8.18. The van der Waals surface area contributed by atoms with Gasteiger partial charge >= 0.3 is 0 Å². The first-order valence-corrected chi connectivity index (χ1v) is 11.5. The van der Waals surface area contributed by atoms with Crippen molar-refractivity contribution in [1.82, 2.24) is 14.8 Å². The molecule has 3 aromatic rings. The molecule has 2 aliphatic rings. The van der Waals surface area contributed by atoms with Crippen molar-refractivity contribution in [2.45, 2.75) is 6.92 Å². The average molecular weight is 476 g/mol. The Morgan fingerprint density at radius 2 is 1.88 bits per heavy atom. The predicted molar refractivity (Wildman–Crippen MR) is 128 cm³/mol. The van der Waals surface area contributed by atoms with Crippen molar-refractivity contribution in [3.8, 4) is 17.2 Å². The van der Waals surface area contributed by atoms with E-state index in [0.29, 0.717) is 22.0 Å². The zero-order chi connectivity index (χ0) is 23.7. The third-order valence-electron chi connectivity index (χ3n) is 5.54. The van der Waals surface area contributed by atoms with Gasteiger partial charge in [0, 0.05) is 36.7 Å². The Bertz CT molecular complexity index is 1320. The second kappa shape index (κ2) is 9.11. The van der Waals surface area contributed by atoms with E-state index in [1.54, 1.807) is 30.3 Å². The topological polar surface area (TPSA) is 89.9 Å². The van der Waals surface area contributed by atoms with Gasteiger partial charge in [-0.05, 0) is 72.3 Å². The first-order valence-electron chi connectivity index (χ1n) is 10.7. The van der Waals surface area contributed by atoms with Crippen LogP contribution in [-0.4, -0.2) is 46.4 Å². The normalized spacial score (nSPS) is 15.9. The molecule has 3 amide bonds. The Morgan fingerprint density at radius 1 is 1.09 bits per heavy atom. The number of nitrogens with one attached hydrogen (secondary N) is 1. The summed E-state index contributed by atoms with van der Waals surface area (Å²) in [6.07, 6.45) is 5.49. The van der Waals surface area contributed by atoms with Gasteiger partial charge in [-0.1, -0.05) is 12.1 Å². The molecule has 0 atom stereocenters. The molecular formula is C25H21N3O5S. The Morgan fingerprint density at radius 3 is 2.71 bits per heavy atom. The number of hydrogen-bond acceptors (Lipinski definition) is 6. The van der Waals surface area contributed by atoms with Crippen molar-refractivity contribution in [1.29, 1.82) is 0 Å². The van der Waals surface area contributed by atoms with E-state index in [4.69, 9.17) is 9.47 Å². The Balaban J connectivity index is 1.21. The van der Waals surface area contributed by atoms with Gasteiger partial charge in [0.2, 0.25) is 6.79 Å². The van der Waals surface area contributed by atoms with Gasteiger partial charge in [-0.2, -0.15) is 0 Å². The van der Waals surface area contributed by atoms with E-state index in [2.05, 4.69) is 5.32 Å². The van der Waals surface area contributed by atoms with E-state index >= 15 is 0 Å². The first-order chi connectivity index (χ1) is 16.5. The molecule has 0 bridgehead atoms. The molecule has 5 rings (SSSR count). The minimum atomic E-state index is -0.382. The minimum absolute atomic E-state index is 0.0885. The molecule has 0 saturated carbocycles. The molecule has 34 heavy (non-hydrogen) atoms. The third-order valence-corrected chi connectivity index (χ3v) is 6.45. The van der Waals surface area contributed by atoms with E-state index in [9.17, 15) is 14.4 Å². The standard InChI is InChI=1S/C25H21N3O5S/c1-16-4-6-18(14-19(16)27-9-2-3-10-27)23(29)26-8-11-28-24(30)22(34-25(28)31)13-17-5-7-20-21(12-17)33-15-32-20/h2-7,9-10,12-14H,8,11,15H2,1H3,(H,26,29)/b22-13-. The third kappa shape index (κ3) is 4.29. The average Bonchev–Trinajstić information content (AvgIpc) is 3.57. The number of nitrogens with zero attached hydrogens (tertiary/aromatic N) is 2. The summed E-state index contributed by atoms with van der Waals surface area (Å²) in [5.74, 6) is 0.602. The summed E-state index contributed by atoms with van der Waals surface area (Å²) in [5.41, 5.74) is 3.20. The molecule has 1 N–H and O–H groups in total. The number of carbonyl (C=O) groups excluding carboxylic acids is 3. The summed E-state index contributed by atoms with van der Waals surface area (Å²) >= 11 is 0.878. The van der Waals surface area contributed by atoms with Crippen molar-refractivity contribution >= 4 is 34.9 Å². The van der Waals surface area contributed by atoms with E-state index in [0.717, 1.165) is 33.5 Å². The zero-order valence-electron chi connectivity index (χ0n) is 18.3. The maximum Gasteiger partial charge on any atom is 0.293 e. The fourth-order valence-electron chi connectivity index (χ4n) is 3.75. The second-order valence-electron chi connectivity index (χ2n) is 7.79. The van der Waals surface area contributed by atoms with Crippen LogP contribution in [0.1, 0.15) is 21.5 Å². The van der Waals surface area contributed by atoms with Gasteiger partial charge in [0.15, 0.2) is 11.5 Å². The molecule has 0 aliphatic carbocycles. The fourth-order valence-corrected chi connectivity index (χ4v) is 4.62. The van der Waals surface area contributed by atoms with Crippen LogP contribution in [0.3, 0.4) is 0 Å². The van der Waals surface area contributed by atoms with Gasteiger partial charge in [0.05, 0.1) is 4.91 Å². The molecule has 1 aromatic heterocycles. The Labute approximate surface area is 200 Å². The number of carbonyl (C=O) groups is 3. The smallest absolute Gasteiger partial charge is 0.293 e. The molecule has 2 aliphatic heterocycles. The number of hydrogen-bond donors (Lipinski definition) is 1. The lowest BCUT2D eigenvalue weighted by molar-refractivity contribution is -0.122.